The average molecular weight is 708 g/mol. The van der Waals surface area contributed by atoms with Crippen molar-refractivity contribution in [3.63, 3.8) is 0 Å². The van der Waals surface area contributed by atoms with Crippen molar-refractivity contribution in [2.45, 2.75) is 136 Å². The molecule has 2 unspecified atom stereocenters. The van der Waals surface area contributed by atoms with Crippen LogP contribution in [0, 0.1) is 0 Å². The third-order valence-electron chi connectivity index (χ3n) is 7.12. The molecule has 0 aliphatic rings. The smallest absolute Gasteiger partial charge is 0.463 e. The summed E-state index contributed by atoms with van der Waals surface area (Å²) in [6.07, 6.45) is 41.2. The van der Waals surface area contributed by atoms with E-state index in [1.165, 1.54) is 19.3 Å². The molecule has 9 nitrogen and oxygen atoms in total. The topological polar surface area (TPSA) is 131 Å². The number of hydrogen-bond acceptors (Lipinski definition) is 7. The second-order valence-electron chi connectivity index (χ2n) is 11.8. The first-order valence-electron chi connectivity index (χ1n) is 18.4. The third kappa shape index (κ3) is 36.6. The van der Waals surface area contributed by atoms with Crippen molar-refractivity contribution in [2.24, 2.45) is 0 Å². The molecule has 0 aromatic rings. The number of nitrogens with one attached hydrogen (secondary N) is 1. The highest BCUT2D eigenvalue weighted by Crippen LogP contribution is 2.42. The molecule has 3 N–H and O–H groups in total. The standard InChI is InChI=1S/C39H66NO8P/c1-3-5-7-9-11-13-15-16-17-18-19-20-22-24-26-28-30-32-39(43)46-35-37(41)36-48-49(44,45)47-34-33-40-38(42)31-29-27-25-23-21-14-12-10-8-6-4-2/h5,7,10-13,16-17,19-20,24,26,37,41H,3-4,6,8-9,14-15,18,21-23,25,27-36H2,1-2H3,(H,40,42)(H,44,45)/b7-5-,12-10-,13-11-,17-16-,20-19-,26-24-. The van der Waals surface area contributed by atoms with Gasteiger partial charge < -0.3 is 20.1 Å². The van der Waals surface area contributed by atoms with Gasteiger partial charge in [0.05, 0.1) is 13.2 Å². The van der Waals surface area contributed by atoms with Gasteiger partial charge in [0.25, 0.3) is 0 Å². The lowest BCUT2D eigenvalue weighted by atomic mass is 10.1. The van der Waals surface area contributed by atoms with Crippen molar-refractivity contribution >= 4 is 19.7 Å². The predicted octanol–water partition coefficient (Wildman–Crippen LogP) is 9.54. The monoisotopic (exact) mass is 707 g/mol. The molecular formula is C39H66NO8P. The Kier molecular flexibility index (Phi) is 33.4. The average Bonchev–Trinajstić information content (AvgIpc) is 3.08. The Morgan fingerprint density at radius 2 is 1.18 bits per heavy atom. The van der Waals surface area contributed by atoms with E-state index in [1.807, 2.05) is 6.08 Å². The first-order valence-corrected chi connectivity index (χ1v) is 19.9. The summed E-state index contributed by atoms with van der Waals surface area (Å²) in [6, 6.07) is 0. The molecule has 0 fully saturated rings. The van der Waals surface area contributed by atoms with Crippen LogP contribution in [-0.4, -0.2) is 54.3 Å². The quantitative estimate of drug-likeness (QED) is 0.0266. The number of phosphoric acid groups is 1. The molecule has 0 aromatic carbocycles. The molecular weight excluding hydrogens is 641 g/mol. The number of unbranched alkanes of at least 4 members (excludes halogenated alkanes) is 8. The zero-order valence-corrected chi connectivity index (χ0v) is 31.2. The summed E-state index contributed by atoms with van der Waals surface area (Å²) in [4.78, 5) is 33.7. The van der Waals surface area contributed by atoms with Gasteiger partial charge >= 0.3 is 13.8 Å². The van der Waals surface area contributed by atoms with E-state index >= 15 is 0 Å². The Morgan fingerprint density at radius 3 is 1.82 bits per heavy atom. The van der Waals surface area contributed by atoms with Gasteiger partial charge in [0.2, 0.25) is 5.91 Å². The summed E-state index contributed by atoms with van der Waals surface area (Å²) >= 11 is 0. The van der Waals surface area contributed by atoms with E-state index in [0.717, 1.165) is 77.0 Å². The maximum Gasteiger partial charge on any atom is 0.472 e. The SMILES string of the molecule is CC/C=C\C/C=C\C/C=C\C/C=C\C/C=C\CCCC(=O)OCC(O)COP(=O)(O)OCCNC(=O)CCCCCCC/C=C\CCCC. The van der Waals surface area contributed by atoms with Gasteiger partial charge in [0.15, 0.2) is 0 Å². The van der Waals surface area contributed by atoms with Crippen molar-refractivity contribution in [1.29, 1.82) is 0 Å². The van der Waals surface area contributed by atoms with Gasteiger partial charge in [-0.3, -0.25) is 18.6 Å². The van der Waals surface area contributed by atoms with Crippen LogP contribution in [0.15, 0.2) is 72.9 Å². The van der Waals surface area contributed by atoms with E-state index in [2.05, 4.69) is 86.0 Å². The Hall–Kier alpha value is -2.55. The van der Waals surface area contributed by atoms with Gasteiger partial charge in [-0.1, -0.05) is 119 Å². The van der Waals surface area contributed by atoms with Gasteiger partial charge in [0.1, 0.15) is 12.7 Å². The molecule has 0 saturated carbocycles. The van der Waals surface area contributed by atoms with Crippen molar-refractivity contribution < 1.29 is 37.9 Å². The third-order valence-corrected chi connectivity index (χ3v) is 8.10. The number of hydrogen-bond donors (Lipinski definition) is 3. The zero-order chi connectivity index (χ0) is 36.1. The second-order valence-corrected chi connectivity index (χ2v) is 13.3. The molecule has 0 aliphatic heterocycles. The number of carbonyl (C=O) groups is 2. The minimum atomic E-state index is -4.43. The number of allylic oxidation sites excluding steroid dienone is 12. The van der Waals surface area contributed by atoms with E-state index in [1.54, 1.807) is 0 Å². The van der Waals surface area contributed by atoms with Crippen LogP contribution in [0.3, 0.4) is 0 Å². The molecule has 0 heterocycles. The molecule has 0 radical (unpaired) electrons. The van der Waals surface area contributed by atoms with Crippen molar-refractivity contribution in [2.75, 3.05) is 26.4 Å². The van der Waals surface area contributed by atoms with Crippen LogP contribution in [0.4, 0.5) is 0 Å². The number of esters is 1. The lowest BCUT2D eigenvalue weighted by molar-refractivity contribution is -0.147. The van der Waals surface area contributed by atoms with Gasteiger partial charge in [-0.25, -0.2) is 4.57 Å². The Labute approximate surface area is 297 Å². The molecule has 49 heavy (non-hydrogen) atoms. The molecule has 0 aromatic heterocycles. The Bertz CT molecular complexity index is 1030. The highest BCUT2D eigenvalue weighted by Gasteiger charge is 2.23. The fourth-order valence-electron chi connectivity index (χ4n) is 4.34. The molecule has 10 heteroatoms. The maximum atomic E-state index is 12.0. The van der Waals surface area contributed by atoms with E-state index in [-0.39, 0.29) is 32.1 Å². The number of carbonyl (C=O) groups excluding carboxylic acids is 2. The van der Waals surface area contributed by atoms with E-state index in [4.69, 9.17) is 13.8 Å². The molecule has 0 aliphatic carbocycles. The number of ether oxygens (including phenoxy) is 1. The van der Waals surface area contributed by atoms with Crippen molar-refractivity contribution in [1.82, 2.24) is 5.32 Å². The predicted molar refractivity (Wildman–Crippen MR) is 201 cm³/mol. The van der Waals surface area contributed by atoms with E-state index in [0.29, 0.717) is 12.8 Å². The maximum absolute atomic E-state index is 12.0. The fourth-order valence-corrected chi connectivity index (χ4v) is 5.09. The summed E-state index contributed by atoms with van der Waals surface area (Å²) in [6.45, 7) is 3.29. The molecule has 0 saturated heterocycles. The van der Waals surface area contributed by atoms with Gasteiger partial charge in [-0.2, -0.15) is 0 Å². The van der Waals surface area contributed by atoms with E-state index in [9.17, 15) is 24.2 Å². The number of phosphoric ester groups is 1. The molecule has 2 atom stereocenters. The second kappa shape index (κ2) is 35.3. The minimum Gasteiger partial charge on any atom is -0.463 e. The number of amides is 1. The minimum absolute atomic E-state index is 0.0664. The Morgan fingerprint density at radius 1 is 0.653 bits per heavy atom. The van der Waals surface area contributed by atoms with Crippen LogP contribution < -0.4 is 5.32 Å². The summed E-state index contributed by atoms with van der Waals surface area (Å²) in [5, 5.41) is 12.6. The lowest BCUT2D eigenvalue weighted by Crippen LogP contribution is -2.27. The highest BCUT2D eigenvalue weighted by atomic mass is 31.2. The first-order chi connectivity index (χ1) is 23.8. The van der Waals surface area contributed by atoms with Gasteiger partial charge in [0, 0.05) is 19.4 Å². The molecule has 0 bridgehead atoms. The fraction of sp³-hybridized carbons (Fsp3) is 0.641. The van der Waals surface area contributed by atoms with Gasteiger partial charge in [-0.15, -0.1) is 0 Å². The van der Waals surface area contributed by atoms with Crippen LogP contribution in [0.2, 0.25) is 0 Å². The lowest BCUT2D eigenvalue weighted by Gasteiger charge is -2.15. The van der Waals surface area contributed by atoms with Crippen molar-refractivity contribution in [3.05, 3.63) is 72.9 Å². The normalized spacial score (nSPS) is 14.3. The highest BCUT2D eigenvalue weighted by molar-refractivity contribution is 7.47. The first kappa shape index (κ1) is 46.5. The Balaban J connectivity index is 3.76. The van der Waals surface area contributed by atoms with Crippen LogP contribution in [0.5, 0.6) is 0 Å². The number of aliphatic hydroxyl groups is 1. The summed E-state index contributed by atoms with van der Waals surface area (Å²) in [7, 11) is -4.43. The van der Waals surface area contributed by atoms with Crippen LogP contribution >= 0.6 is 7.82 Å². The number of aliphatic hydroxyl groups excluding tert-OH is 1. The molecule has 280 valence electrons. The zero-order valence-electron chi connectivity index (χ0n) is 30.4. The van der Waals surface area contributed by atoms with Crippen LogP contribution in [-0.2, 0) is 27.9 Å². The van der Waals surface area contributed by atoms with Crippen molar-refractivity contribution in [3.8, 4) is 0 Å². The summed E-state index contributed by atoms with van der Waals surface area (Å²) in [5.74, 6) is -0.595. The van der Waals surface area contributed by atoms with Crippen LogP contribution in [0.1, 0.15) is 129 Å². The summed E-state index contributed by atoms with van der Waals surface area (Å²) < 4.78 is 26.7. The molecule has 1 amide bonds. The largest absolute Gasteiger partial charge is 0.472 e. The van der Waals surface area contributed by atoms with Crippen LogP contribution in [0.25, 0.3) is 0 Å². The molecule has 0 spiro atoms. The van der Waals surface area contributed by atoms with E-state index < -0.39 is 26.5 Å². The number of rotatable bonds is 33. The summed E-state index contributed by atoms with van der Waals surface area (Å²) in [5.41, 5.74) is 0. The molecule has 0 rings (SSSR count). The van der Waals surface area contributed by atoms with Gasteiger partial charge in [-0.05, 0) is 70.6 Å².